The molecule has 0 spiro atoms. The van der Waals surface area contributed by atoms with Crippen LogP contribution in [-0.4, -0.2) is 27.8 Å². The highest BCUT2D eigenvalue weighted by Crippen LogP contribution is 2.37. The van der Waals surface area contributed by atoms with E-state index >= 15 is 0 Å². The molecule has 6 nitrogen and oxygen atoms in total. The summed E-state index contributed by atoms with van der Waals surface area (Å²) in [6, 6.07) is 10.0. The van der Waals surface area contributed by atoms with Gasteiger partial charge in [-0.3, -0.25) is 4.79 Å². The molecule has 0 fully saturated rings. The average Bonchev–Trinajstić information content (AvgIpc) is 3.04. The molecule has 26 heavy (non-hydrogen) atoms. The molecule has 0 saturated carbocycles. The summed E-state index contributed by atoms with van der Waals surface area (Å²) in [6.07, 6.45) is 3.80. The highest BCUT2D eigenvalue weighted by Gasteiger charge is 2.30. The van der Waals surface area contributed by atoms with Crippen molar-refractivity contribution in [3.8, 4) is 5.88 Å². The molecular weight excluding hydrogens is 335 g/mol. The molecule has 1 N–H and O–H groups in total. The first-order chi connectivity index (χ1) is 12.6. The van der Waals surface area contributed by atoms with Crippen LogP contribution in [0.25, 0.3) is 0 Å². The quantitative estimate of drug-likeness (QED) is 0.784. The number of carbonyl (C=O) groups excluding carboxylic acids is 1. The van der Waals surface area contributed by atoms with Gasteiger partial charge in [-0.05, 0) is 23.3 Å². The summed E-state index contributed by atoms with van der Waals surface area (Å²) in [6.45, 7) is 0.376. The number of aromatic nitrogens is 3. The highest BCUT2D eigenvalue weighted by atomic mass is 19.1. The zero-order chi connectivity index (χ0) is 18.1. The van der Waals surface area contributed by atoms with Gasteiger partial charge < -0.3 is 10.1 Å². The summed E-state index contributed by atoms with van der Waals surface area (Å²) in [5.41, 5.74) is 2.62. The highest BCUT2D eigenvalue weighted by molar-refractivity contribution is 5.94. The van der Waals surface area contributed by atoms with Crippen LogP contribution in [0.2, 0.25) is 0 Å². The third-order valence-corrected chi connectivity index (χ3v) is 4.48. The number of fused-ring (bicyclic) bond motifs is 1. The molecule has 1 atom stereocenters. The molecule has 0 saturated heterocycles. The van der Waals surface area contributed by atoms with E-state index in [1.807, 2.05) is 12.1 Å². The van der Waals surface area contributed by atoms with Gasteiger partial charge in [0.05, 0.1) is 19.9 Å². The molecule has 7 heteroatoms. The van der Waals surface area contributed by atoms with Gasteiger partial charge in [0.15, 0.2) is 0 Å². The molecule has 1 unspecified atom stereocenters. The maximum atomic E-state index is 13.4. The number of amides is 1. The Morgan fingerprint density at radius 1 is 1.31 bits per heavy atom. The van der Waals surface area contributed by atoms with Crippen molar-refractivity contribution in [2.45, 2.75) is 18.9 Å². The molecule has 1 aliphatic rings. The predicted molar refractivity (Wildman–Crippen MR) is 93.6 cm³/mol. The van der Waals surface area contributed by atoms with E-state index in [2.05, 4.69) is 15.4 Å². The SMILES string of the molecule is COc1ccc(C2CC(=O)Nc3c2cnn3Cc2cccc(F)c2)cn1. The number of carbonyl (C=O) groups is 1. The lowest BCUT2D eigenvalue weighted by molar-refractivity contribution is -0.116. The summed E-state index contributed by atoms with van der Waals surface area (Å²) in [4.78, 5) is 16.5. The van der Waals surface area contributed by atoms with Crippen molar-refractivity contribution < 1.29 is 13.9 Å². The normalized spacial score (nSPS) is 16.1. The van der Waals surface area contributed by atoms with E-state index in [4.69, 9.17) is 4.74 Å². The van der Waals surface area contributed by atoms with Crippen LogP contribution in [0, 0.1) is 5.82 Å². The summed E-state index contributed by atoms with van der Waals surface area (Å²) in [5.74, 6) is 0.662. The number of benzene rings is 1. The molecule has 1 aromatic carbocycles. The van der Waals surface area contributed by atoms with Gasteiger partial charge in [0, 0.05) is 30.2 Å². The van der Waals surface area contributed by atoms with Crippen LogP contribution in [0.4, 0.5) is 10.2 Å². The Bertz CT molecular complexity index is 952. The smallest absolute Gasteiger partial charge is 0.226 e. The van der Waals surface area contributed by atoms with E-state index in [1.54, 1.807) is 36.3 Å². The van der Waals surface area contributed by atoms with E-state index in [0.29, 0.717) is 24.7 Å². The summed E-state index contributed by atoms with van der Waals surface area (Å²) in [5, 5.41) is 7.29. The van der Waals surface area contributed by atoms with Crippen LogP contribution in [0.5, 0.6) is 5.88 Å². The van der Waals surface area contributed by atoms with E-state index in [1.165, 1.54) is 12.1 Å². The number of anilines is 1. The third kappa shape index (κ3) is 3.03. The minimum atomic E-state index is -0.297. The zero-order valence-electron chi connectivity index (χ0n) is 14.1. The second-order valence-electron chi connectivity index (χ2n) is 6.17. The van der Waals surface area contributed by atoms with Crippen molar-refractivity contribution in [1.82, 2.24) is 14.8 Å². The van der Waals surface area contributed by atoms with Gasteiger partial charge >= 0.3 is 0 Å². The lowest BCUT2D eigenvalue weighted by Gasteiger charge is -2.23. The Hall–Kier alpha value is -3.22. The Balaban J connectivity index is 1.68. The molecule has 1 aliphatic heterocycles. The van der Waals surface area contributed by atoms with Gasteiger partial charge in [-0.15, -0.1) is 0 Å². The maximum absolute atomic E-state index is 13.4. The number of pyridine rings is 1. The van der Waals surface area contributed by atoms with Crippen LogP contribution in [0.3, 0.4) is 0 Å². The summed E-state index contributed by atoms with van der Waals surface area (Å²) >= 11 is 0. The molecule has 4 rings (SSSR count). The van der Waals surface area contributed by atoms with Crippen molar-refractivity contribution in [2.75, 3.05) is 12.4 Å². The minimum absolute atomic E-state index is 0.0840. The number of hydrogen-bond donors (Lipinski definition) is 1. The number of nitrogens with zero attached hydrogens (tertiary/aromatic N) is 3. The number of methoxy groups -OCH3 is 1. The topological polar surface area (TPSA) is 69.0 Å². The lowest BCUT2D eigenvalue weighted by Crippen LogP contribution is -2.25. The van der Waals surface area contributed by atoms with Gasteiger partial charge in [-0.1, -0.05) is 18.2 Å². The number of hydrogen-bond acceptors (Lipinski definition) is 4. The number of nitrogens with one attached hydrogen (secondary N) is 1. The zero-order valence-corrected chi connectivity index (χ0v) is 14.1. The Labute approximate surface area is 149 Å². The van der Waals surface area contributed by atoms with Gasteiger partial charge in [0.1, 0.15) is 11.6 Å². The van der Waals surface area contributed by atoms with Crippen molar-refractivity contribution in [2.24, 2.45) is 0 Å². The van der Waals surface area contributed by atoms with Crippen LogP contribution in [0.15, 0.2) is 48.8 Å². The first-order valence-electron chi connectivity index (χ1n) is 8.24. The second-order valence-corrected chi connectivity index (χ2v) is 6.17. The van der Waals surface area contributed by atoms with Crippen molar-refractivity contribution in [3.05, 3.63) is 71.3 Å². The van der Waals surface area contributed by atoms with Crippen molar-refractivity contribution in [3.63, 3.8) is 0 Å². The summed E-state index contributed by atoms with van der Waals surface area (Å²) in [7, 11) is 1.56. The summed E-state index contributed by atoms with van der Waals surface area (Å²) < 4.78 is 20.2. The van der Waals surface area contributed by atoms with Crippen molar-refractivity contribution in [1.29, 1.82) is 0 Å². The largest absolute Gasteiger partial charge is 0.481 e. The predicted octanol–water partition coefficient (Wildman–Crippen LogP) is 2.95. The van der Waals surface area contributed by atoms with E-state index in [0.717, 1.165) is 16.7 Å². The Kier molecular flexibility index (Phi) is 4.12. The molecule has 0 radical (unpaired) electrons. The fourth-order valence-corrected chi connectivity index (χ4v) is 3.21. The van der Waals surface area contributed by atoms with Gasteiger partial charge in [0.25, 0.3) is 0 Å². The van der Waals surface area contributed by atoms with E-state index < -0.39 is 0 Å². The standard InChI is InChI=1S/C19H17FN4O2/c1-26-18-6-5-13(9-21-18)15-8-17(25)23-19-16(15)10-22-24(19)11-12-3-2-4-14(20)7-12/h2-7,9-10,15H,8,11H2,1H3,(H,23,25). The fraction of sp³-hybridized carbons (Fsp3) is 0.211. The lowest BCUT2D eigenvalue weighted by atomic mass is 9.88. The molecule has 0 bridgehead atoms. The molecule has 132 valence electrons. The van der Waals surface area contributed by atoms with Gasteiger partial charge in [0.2, 0.25) is 11.8 Å². The first kappa shape index (κ1) is 16.3. The molecular formula is C19H17FN4O2. The number of ether oxygens (including phenoxy) is 1. The molecule has 1 amide bonds. The Morgan fingerprint density at radius 2 is 2.19 bits per heavy atom. The van der Waals surface area contributed by atoms with Crippen molar-refractivity contribution >= 4 is 11.7 Å². The molecule has 3 heterocycles. The second kappa shape index (κ2) is 6.59. The van der Waals surface area contributed by atoms with Crippen LogP contribution >= 0.6 is 0 Å². The number of rotatable bonds is 4. The van der Waals surface area contributed by atoms with Gasteiger partial charge in [-0.25, -0.2) is 14.1 Å². The van der Waals surface area contributed by atoms with Gasteiger partial charge in [-0.2, -0.15) is 5.10 Å². The first-order valence-corrected chi connectivity index (χ1v) is 8.24. The van der Waals surface area contributed by atoms with Crippen LogP contribution in [-0.2, 0) is 11.3 Å². The van der Waals surface area contributed by atoms with Crippen LogP contribution in [0.1, 0.15) is 29.0 Å². The average molecular weight is 352 g/mol. The third-order valence-electron chi connectivity index (χ3n) is 4.48. The monoisotopic (exact) mass is 352 g/mol. The molecule has 0 aliphatic carbocycles. The molecule has 3 aromatic rings. The minimum Gasteiger partial charge on any atom is -0.481 e. The van der Waals surface area contributed by atoms with E-state index in [-0.39, 0.29) is 17.6 Å². The van der Waals surface area contributed by atoms with Crippen LogP contribution < -0.4 is 10.1 Å². The molecule has 2 aromatic heterocycles. The van der Waals surface area contributed by atoms with E-state index in [9.17, 15) is 9.18 Å². The maximum Gasteiger partial charge on any atom is 0.226 e. The Morgan fingerprint density at radius 3 is 2.92 bits per heavy atom. The number of halogens is 1. The fourth-order valence-electron chi connectivity index (χ4n) is 3.21.